The van der Waals surface area contributed by atoms with Gasteiger partial charge in [0.05, 0.1) is 18.8 Å². The van der Waals surface area contributed by atoms with E-state index in [-0.39, 0.29) is 6.61 Å². The number of pyridine rings is 1. The first-order chi connectivity index (χ1) is 9.24. The molecule has 0 unspecified atom stereocenters. The van der Waals surface area contributed by atoms with E-state index in [0.717, 1.165) is 35.7 Å². The van der Waals surface area contributed by atoms with Crippen molar-refractivity contribution in [3.63, 3.8) is 0 Å². The van der Waals surface area contributed by atoms with Gasteiger partial charge in [-0.25, -0.2) is 0 Å². The Balaban J connectivity index is 2.25. The van der Waals surface area contributed by atoms with Crippen molar-refractivity contribution >= 4 is 5.69 Å². The maximum Gasteiger partial charge on any atom is 0.0702 e. The normalized spacial score (nSPS) is 10.5. The Labute approximate surface area is 114 Å². The van der Waals surface area contributed by atoms with E-state index in [4.69, 9.17) is 0 Å². The van der Waals surface area contributed by atoms with Gasteiger partial charge in [-0.2, -0.15) is 0 Å². The fourth-order valence-corrected chi connectivity index (χ4v) is 2.20. The molecule has 1 N–H and O–H groups in total. The third kappa shape index (κ3) is 3.32. The number of aryl methyl sites for hydroxylation is 1. The first-order valence-corrected chi connectivity index (χ1v) is 6.61. The molecule has 19 heavy (non-hydrogen) atoms. The summed E-state index contributed by atoms with van der Waals surface area (Å²) in [6, 6.07) is 14.0. The molecule has 0 amide bonds. The second-order valence-corrected chi connectivity index (χ2v) is 4.57. The van der Waals surface area contributed by atoms with Crippen LogP contribution < -0.4 is 4.90 Å². The summed E-state index contributed by atoms with van der Waals surface area (Å²) in [7, 11) is 0. The first-order valence-electron chi connectivity index (χ1n) is 6.61. The lowest BCUT2D eigenvalue weighted by Crippen LogP contribution is -2.24. The number of aliphatic hydroxyl groups is 1. The van der Waals surface area contributed by atoms with Crippen LogP contribution in [0.4, 0.5) is 5.69 Å². The van der Waals surface area contributed by atoms with E-state index < -0.39 is 0 Å². The lowest BCUT2D eigenvalue weighted by Gasteiger charge is -2.25. The number of hydrogen-bond acceptors (Lipinski definition) is 3. The SMILES string of the molecule is CCN(Cc1cccc(C)n1)c1ccccc1CO. The Morgan fingerprint density at radius 1 is 1.11 bits per heavy atom. The molecule has 3 nitrogen and oxygen atoms in total. The number of aromatic nitrogens is 1. The van der Waals surface area contributed by atoms with Crippen LogP contribution in [0, 0.1) is 6.92 Å². The van der Waals surface area contributed by atoms with Crippen LogP contribution in [0.5, 0.6) is 0 Å². The molecule has 1 aromatic carbocycles. The molecular formula is C16H20N2O. The Hall–Kier alpha value is -1.87. The van der Waals surface area contributed by atoms with Crippen molar-refractivity contribution in [2.24, 2.45) is 0 Å². The van der Waals surface area contributed by atoms with Crippen molar-refractivity contribution < 1.29 is 5.11 Å². The molecule has 2 aromatic rings. The average molecular weight is 256 g/mol. The molecule has 100 valence electrons. The zero-order valence-corrected chi connectivity index (χ0v) is 11.5. The summed E-state index contributed by atoms with van der Waals surface area (Å²) in [6.45, 7) is 5.82. The monoisotopic (exact) mass is 256 g/mol. The van der Waals surface area contributed by atoms with E-state index in [0.29, 0.717) is 0 Å². The molecule has 0 saturated heterocycles. The van der Waals surface area contributed by atoms with Crippen LogP contribution in [0.15, 0.2) is 42.5 Å². The minimum Gasteiger partial charge on any atom is -0.392 e. The van der Waals surface area contributed by atoms with Gasteiger partial charge >= 0.3 is 0 Å². The highest BCUT2D eigenvalue weighted by molar-refractivity contribution is 5.53. The van der Waals surface area contributed by atoms with Crippen LogP contribution in [0.2, 0.25) is 0 Å². The van der Waals surface area contributed by atoms with Crippen molar-refractivity contribution in [1.82, 2.24) is 4.98 Å². The van der Waals surface area contributed by atoms with Gasteiger partial charge < -0.3 is 10.0 Å². The molecular weight excluding hydrogens is 236 g/mol. The Bertz CT molecular complexity index is 540. The van der Waals surface area contributed by atoms with E-state index in [2.05, 4.69) is 16.8 Å². The molecule has 0 aliphatic rings. The minimum absolute atomic E-state index is 0.0634. The predicted octanol–water partition coefficient (Wildman–Crippen LogP) is 2.91. The lowest BCUT2D eigenvalue weighted by atomic mass is 10.1. The minimum atomic E-state index is 0.0634. The fourth-order valence-electron chi connectivity index (χ4n) is 2.20. The van der Waals surface area contributed by atoms with Crippen LogP contribution in [0.1, 0.15) is 23.9 Å². The van der Waals surface area contributed by atoms with Gasteiger partial charge in [0.1, 0.15) is 0 Å². The number of rotatable bonds is 5. The van der Waals surface area contributed by atoms with Gasteiger partial charge in [0, 0.05) is 23.5 Å². The van der Waals surface area contributed by atoms with Crippen molar-refractivity contribution in [3.05, 3.63) is 59.4 Å². The standard InChI is InChI=1S/C16H20N2O/c1-3-18(11-15-9-6-7-13(2)17-15)16-10-5-4-8-14(16)12-19/h4-10,19H,3,11-12H2,1-2H3. The van der Waals surface area contributed by atoms with Crippen LogP contribution in [0.25, 0.3) is 0 Å². The number of anilines is 1. The van der Waals surface area contributed by atoms with Gasteiger partial charge in [-0.05, 0) is 32.0 Å². The van der Waals surface area contributed by atoms with Crippen LogP contribution in [0.3, 0.4) is 0 Å². The Kier molecular flexibility index (Phi) is 4.53. The molecule has 0 spiro atoms. The number of para-hydroxylation sites is 1. The topological polar surface area (TPSA) is 36.4 Å². The van der Waals surface area contributed by atoms with Gasteiger partial charge in [-0.1, -0.05) is 24.3 Å². The summed E-state index contributed by atoms with van der Waals surface area (Å²) in [5, 5.41) is 9.43. The van der Waals surface area contributed by atoms with Crippen LogP contribution in [-0.4, -0.2) is 16.6 Å². The molecule has 1 heterocycles. The summed E-state index contributed by atoms with van der Waals surface area (Å²) in [5.41, 5.74) is 4.12. The fraction of sp³-hybridized carbons (Fsp3) is 0.312. The van der Waals surface area contributed by atoms with E-state index in [1.807, 2.05) is 49.4 Å². The van der Waals surface area contributed by atoms with Gasteiger partial charge in [-0.3, -0.25) is 4.98 Å². The van der Waals surface area contributed by atoms with Crippen molar-refractivity contribution in [1.29, 1.82) is 0 Å². The first kappa shape index (κ1) is 13.6. The molecule has 0 fully saturated rings. The van der Waals surface area contributed by atoms with Gasteiger partial charge in [-0.15, -0.1) is 0 Å². The van der Waals surface area contributed by atoms with Gasteiger partial charge in [0.2, 0.25) is 0 Å². The number of hydrogen-bond donors (Lipinski definition) is 1. The quantitative estimate of drug-likeness (QED) is 0.893. The van der Waals surface area contributed by atoms with E-state index in [9.17, 15) is 5.11 Å². The second kappa shape index (κ2) is 6.34. The molecule has 0 aliphatic heterocycles. The predicted molar refractivity (Wildman–Crippen MR) is 78.1 cm³/mol. The smallest absolute Gasteiger partial charge is 0.0702 e. The summed E-state index contributed by atoms with van der Waals surface area (Å²) >= 11 is 0. The summed E-state index contributed by atoms with van der Waals surface area (Å²) in [4.78, 5) is 6.77. The molecule has 3 heteroatoms. The molecule has 0 bridgehead atoms. The van der Waals surface area contributed by atoms with Crippen LogP contribution >= 0.6 is 0 Å². The van der Waals surface area contributed by atoms with Gasteiger partial charge in [0.25, 0.3) is 0 Å². The maximum absolute atomic E-state index is 9.43. The van der Waals surface area contributed by atoms with Crippen molar-refractivity contribution in [2.75, 3.05) is 11.4 Å². The number of aliphatic hydroxyl groups excluding tert-OH is 1. The second-order valence-electron chi connectivity index (χ2n) is 4.57. The lowest BCUT2D eigenvalue weighted by molar-refractivity contribution is 0.282. The molecule has 0 atom stereocenters. The highest BCUT2D eigenvalue weighted by atomic mass is 16.3. The molecule has 0 aliphatic carbocycles. The summed E-state index contributed by atoms with van der Waals surface area (Å²) < 4.78 is 0. The van der Waals surface area contributed by atoms with E-state index >= 15 is 0 Å². The molecule has 0 saturated carbocycles. The van der Waals surface area contributed by atoms with Crippen LogP contribution in [-0.2, 0) is 13.2 Å². The van der Waals surface area contributed by atoms with E-state index in [1.165, 1.54) is 0 Å². The highest BCUT2D eigenvalue weighted by Crippen LogP contribution is 2.21. The summed E-state index contributed by atoms with van der Waals surface area (Å²) in [5.74, 6) is 0. The average Bonchev–Trinajstić information content (AvgIpc) is 2.45. The zero-order valence-electron chi connectivity index (χ0n) is 11.5. The Morgan fingerprint density at radius 2 is 1.89 bits per heavy atom. The third-order valence-electron chi connectivity index (χ3n) is 3.18. The molecule has 0 radical (unpaired) electrons. The Morgan fingerprint density at radius 3 is 2.58 bits per heavy atom. The van der Waals surface area contributed by atoms with Gasteiger partial charge in [0.15, 0.2) is 0 Å². The maximum atomic E-state index is 9.43. The highest BCUT2D eigenvalue weighted by Gasteiger charge is 2.10. The van der Waals surface area contributed by atoms with Crippen molar-refractivity contribution in [3.8, 4) is 0 Å². The largest absolute Gasteiger partial charge is 0.392 e. The molecule has 2 rings (SSSR count). The number of nitrogens with zero attached hydrogens (tertiary/aromatic N) is 2. The van der Waals surface area contributed by atoms with Crippen molar-refractivity contribution in [2.45, 2.75) is 27.0 Å². The zero-order chi connectivity index (χ0) is 13.7. The third-order valence-corrected chi connectivity index (χ3v) is 3.18. The van der Waals surface area contributed by atoms with E-state index in [1.54, 1.807) is 0 Å². The number of benzene rings is 1. The molecule has 1 aromatic heterocycles. The summed E-state index contributed by atoms with van der Waals surface area (Å²) in [6.07, 6.45) is 0.